The maximum absolute atomic E-state index is 10.5. The van der Waals surface area contributed by atoms with Crippen LogP contribution in [0.3, 0.4) is 0 Å². The maximum atomic E-state index is 10.5. The van der Waals surface area contributed by atoms with Gasteiger partial charge in [0.05, 0.1) is 22.5 Å². The molecule has 1 unspecified atom stereocenters. The molecule has 1 N–H and O–H groups in total. The molecular weight excluding hydrogens is 248 g/mol. The Bertz CT molecular complexity index is 422. The molecule has 0 saturated heterocycles. The largest absolute Gasteiger partial charge is 0.392 e. The van der Waals surface area contributed by atoms with E-state index in [2.05, 4.69) is 18.9 Å². The van der Waals surface area contributed by atoms with Crippen molar-refractivity contribution in [2.45, 2.75) is 65.5 Å². The average Bonchev–Trinajstić information content (AvgIpc) is 2.89. The van der Waals surface area contributed by atoms with E-state index in [4.69, 9.17) is 11.6 Å². The molecule has 3 nitrogen and oxygen atoms in total. The van der Waals surface area contributed by atoms with E-state index in [1.165, 1.54) is 12.8 Å². The van der Waals surface area contributed by atoms with Gasteiger partial charge in [-0.3, -0.25) is 4.68 Å². The summed E-state index contributed by atoms with van der Waals surface area (Å²) < 4.78 is 1.92. The molecule has 1 saturated carbocycles. The number of aryl methyl sites for hydroxylation is 2. The SMILES string of the molecule is CCn1nc(C)c(Cl)c1CC(O)C1(C)CCCC1. The van der Waals surface area contributed by atoms with Crippen LogP contribution in [0.2, 0.25) is 5.02 Å². The van der Waals surface area contributed by atoms with Crippen molar-refractivity contribution in [1.82, 2.24) is 9.78 Å². The Labute approximate surface area is 114 Å². The fourth-order valence-corrected chi connectivity index (χ4v) is 3.22. The molecule has 1 heterocycles. The topological polar surface area (TPSA) is 38.0 Å². The minimum Gasteiger partial charge on any atom is -0.392 e. The van der Waals surface area contributed by atoms with Gasteiger partial charge in [-0.2, -0.15) is 5.10 Å². The van der Waals surface area contributed by atoms with Crippen LogP contribution in [0, 0.1) is 12.3 Å². The molecule has 0 spiro atoms. The molecule has 1 aliphatic rings. The van der Waals surface area contributed by atoms with Crippen LogP contribution in [0.1, 0.15) is 50.9 Å². The summed E-state index contributed by atoms with van der Waals surface area (Å²) in [5, 5.41) is 15.6. The third-order valence-corrected chi connectivity index (χ3v) is 4.88. The fraction of sp³-hybridized carbons (Fsp3) is 0.786. The van der Waals surface area contributed by atoms with Crippen molar-refractivity contribution in [3.05, 3.63) is 16.4 Å². The zero-order chi connectivity index (χ0) is 13.3. The van der Waals surface area contributed by atoms with Gasteiger partial charge in [-0.1, -0.05) is 31.4 Å². The van der Waals surface area contributed by atoms with Gasteiger partial charge in [0.15, 0.2) is 0 Å². The van der Waals surface area contributed by atoms with Gasteiger partial charge in [0.2, 0.25) is 0 Å². The number of aliphatic hydroxyl groups is 1. The molecule has 1 atom stereocenters. The summed E-state index contributed by atoms with van der Waals surface area (Å²) in [6.07, 6.45) is 4.99. The van der Waals surface area contributed by atoms with Crippen molar-refractivity contribution in [1.29, 1.82) is 0 Å². The molecule has 1 aromatic rings. The van der Waals surface area contributed by atoms with Crippen LogP contribution in [0.5, 0.6) is 0 Å². The van der Waals surface area contributed by atoms with Crippen molar-refractivity contribution >= 4 is 11.6 Å². The zero-order valence-corrected chi connectivity index (χ0v) is 12.3. The Hall–Kier alpha value is -0.540. The Balaban J connectivity index is 2.18. The molecule has 1 fully saturated rings. The van der Waals surface area contributed by atoms with Crippen molar-refractivity contribution < 1.29 is 5.11 Å². The zero-order valence-electron chi connectivity index (χ0n) is 11.5. The molecule has 2 rings (SSSR count). The van der Waals surface area contributed by atoms with Crippen molar-refractivity contribution in [3.63, 3.8) is 0 Å². The number of hydrogen-bond donors (Lipinski definition) is 1. The number of rotatable bonds is 4. The lowest BCUT2D eigenvalue weighted by molar-refractivity contribution is 0.0408. The van der Waals surface area contributed by atoms with Gasteiger partial charge in [0, 0.05) is 13.0 Å². The highest BCUT2D eigenvalue weighted by molar-refractivity contribution is 6.31. The number of aliphatic hydroxyl groups excluding tert-OH is 1. The lowest BCUT2D eigenvalue weighted by atomic mass is 9.80. The molecule has 0 radical (unpaired) electrons. The minimum atomic E-state index is -0.320. The highest BCUT2D eigenvalue weighted by atomic mass is 35.5. The van der Waals surface area contributed by atoms with Gasteiger partial charge in [-0.25, -0.2) is 0 Å². The first-order valence-electron chi connectivity index (χ1n) is 6.88. The van der Waals surface area contributed by atoms with Crippen LogP contribution in [0.25, 0.3) is 0 Å². The average molecular weight is 271 g/mol. The normalized spacial score (nSPS) is 20.3. The molecule has 0 aliphatic heterocycles. The first-order chi connectivity index (χ1) is 8.48. The van der Waals surface area contributed by atoms with E-state index < -0.39 is 0 Å². The quantitative estimate of drug-likeness (QED) is 0.911. The Morgan fingerprint density at radius 2 is 2.06 bits per heavy atom. The van der Waals surface area contributed by atoms with E-state index in [1.54, 1.807) is 0 Å². The van der Waals surface area contributed by atoms with E-state index in [9.17, 15) is 5.11 Å². The van der Waals surface area contributed by atoms with Crippen LogP contribution >= 0.6 is 11.6 Å². The molecule has 4 heteroatoms. The van der Waals surface area contributed by atoms with Crippen molar-refractivity contribution in [2.24, 2.45) is 5.41 Å². The lowest BCUT2D eigenvalue weighted by Crippen LogP contribution is -2.32. The smallest absolute Gasteiger partial charge is 0.0848 e. The summed E-state index contributed by atoms with van der Waals surface area (Å²) in [4.78, 5) is 0. The van der Waals surface area contributed by atoms with Crippen LogP contribution < -0.4 is 0 Å². The highest BCUT2D eigenvalue weighted by Gasteiger charge is 2.36. The monoisotopic (exact) mass is 270 g/mol. The highest BCUT2D eigenvalue weighted by Crippen LogP contribution is 2.42. The predicted octanol–water partition coefficient (Wildman–Crippen LogP) is 3.35. The summed E-state index contributed by atoms with van der Waals surface area (Å²) in [6.45, 7) is 6.96. The Morgan fingerprint density at radius 1 is 1.44 bits per heavy atom. The van der Waals surface area contributed by atoms with Gasteiger partial charge >= 0.3 is 0 Å². The summed E-state index contributed by atoms with van der Waals surface area (Å²) in [5.74, 6) is 0. The summed E-state index contributed by atoms with van der Waals surface area (Å²) in [6, 6.07) is 0. The van der Waals surface area contributed by atoms with Gasteiger partial charge < -0.3 is 5.11 Å². The molecule has 18 heavy (non-hydrogen) atoms. The van der Waals surface area contributed by atoms with Crippen molar-refractivity contribution in [2.75, 3.05) is 0 Å². The third kappa shape index (κ3) is 2.43. The number of halogens is 1. The van der Waals surface area contributed by atoms with Gasteiger partial charge in [-0.05, 0) is 32.1 Å². The van der Waals surface area contributed by atoms with E-state index in [0.717, 1.165) is 35.8 Å². The van der Waals surface area contributed by atoms with Crippen LogP contribution in [0.4, 0.5) is 0 Å². The van der Waals surface area contributed by atoms with Crippen molar-refractivity contribution in [3.8, 4) is 0 Å². The second-order valence-corrected chi connectivity index (χ2v) is 6.12. The van der Waals surface area contributed by atoms with E-state index in [-0.39, 0.29) is 11.5 Å². The standard InChI is InChI=1S/C14H23ClN2O/c1-4-17-11(13(15)10(2)16-17)9-12(18)14(3)7-5-6-8-14/h12,18H,4-9H2,1-3H3. The summed E-state index contributed by atoms with van der Waals surface area (Å²) in [5.41, 5.74) is 1.90. The first-order valence-corrected chi connectivity index (χ1v) is 7.25. The lowest BCUT2D eigenvalue weighted by Gasteiger charge is -2.30. The fourth-order valence-electron chi connectivity index (χ4n) is 3.01. The Morgan fingerprint density at radius 3 is 2.61 bits per heavy atom. The number of aromatic nitrogens is 2. The number of hydrogen-bond acceptors (Lipinski definition) is 2. The van der Waals surface area contributed by atoms with E-state index in [0.29, 0.717) is 6.42 Å². The maximum Gasteiger partial charge on any atom is 0.0848 e. The molecule has 1 aromatic heterocycles. The summed E-state index contributed by atoms with van der Waals surface area (Å²) >= 11 is 6.29. The van der Waals surface area contributed by atoms with Gasteiger partial charge in [0.1, 0.15) is 0 Å². The predicted molar refractivity (Wildman–Crippen MR) is 73.9 cm³/mol. The second kappa shape index (κ2) is 5.22. The van der Waals surface area contributed by atoms with Gasteiger partial charge in [0.25, 0.3) is 0 Å². The van der Waals surface area contributed by atoms with Crippen LogP contribution in [-0.2, 0) is 13.0 Å². The second-order valence-electron chi connectivity index (χ2n) is 5.74. The van der Waals surface area contributed by atoms with Crippen LogP contribution in [-0.4, -0.2) is 21.0 Å². The molecule has 0 amide bonds. The summed E-state index contributed by atoms with van der Waals surface area (Å²) in [7, 11) is 0. The molecule has 0 bridgehead atoms. The minimum absolute atomic E-state index is 0.0556. The Kier molecular flexibility index (Phi) is 4.02. The van der Waals surface area contributed by atoms with Gasteiger partial charge in [-0.15, -0.1) is 0 Å². The first kappa shape index (κ1) is 13.9. The molecule has 102 valence electrons. The molecule has 1 aliphatic carbocycles. The van der Waals surface area contributed by atoms with Crippen LogP contribution in [0.15, 0.2) is 0 Å². The van der Waals surface area contributed by atoms with E-state index in [1.807, 2.05) is 11.6 Å². The van der Waals surface area contributed by atoms with E-state index >= 15 is 0 Å². The third-order valence-electron chi connectivity index (χ3n) is 4.39. The molecule has 0 aromatic carbocycles. The molecular formula is C14H23ClN2O. The number of nitrogens with zero attached hydrogens (tertiary/aromatic N) is 2.